The normalized spacial score (nSPS) is 26.0. The van der Waals surface area contributed by atoms with Gasteiger partial charge in [-0.1, -0.05) is 47.0 Å². The number of nitrogens with one attached hydrogen (secondary N) is 1. The van der Waals surface area contributed by atoms with Crippen LogP contribution in [0.25, 0.3) is 0 Å². The molecule has 4 amide bonds. The van der Waals surface area contributed by atoms with Gasteiger partial charge in [0.25, 0.3) is 11.8 Å². The number of phenols is 1. The summed E-state index contributed by atoms with van der Waals surface area (Å²) in [5.41, 5.74) is 3.20. The molecule has 54 heavy (non-hydrogen) atoms. The van der Waals surface area contributed by atoms with Crippen molar-refractivity contribution in [2.75, 3.05) is 26.2 Å². The molecule has 3 aromatic rings. The summed E-state index contributed by atoms with van der Waals surface area (Å²) in [4.78, 5) is 70.9. The van der Waals surface area contributed by atoms with Crippen molar-refractivity contribution in [1.29, 1.82) is 0 Å². The van der Waals surface area contributed by atoms with Crippen molar-refractivity contribution in [1.82, 2.24) is 9.91 Å². The summed E-state index contributed by atoms with van der Waals surface area (Å²) < 4.78 is 11.7. The van der Waals surface area contributed by atoms with Gasteiger partial charge in [0.15, 0.2) is 11.5 Å². The number of benzene rings is 3. The molecule has 0 aromatic heterocycles. The fourth-order valence-corrected chi connectivity index (χ4v) is 10.2. The van der Waals surface area contributed by atoms with Crippen LogP contribution in [0.5, 0.6) is 17.2 Å². The minimum absolute atomic E-state index is 0.0304. The number of amides is 4. The van der Waals surface area contributed by atoms with E-state index in [4.69, 9.17) is 32.7 Å². The number of phenolic OH excluding ortho intramolecular Hbond substituents is 1. The molecule has 12 nitrogen and oxygen atoms in total. The fourth-order valence-electron chi connectivity index (χ4n) is 8.84. The Morgan fingerprint density at radius 3 is 2.33 bits per heavy atom. The number of ether oxygens (including phenoxy) is 2. The standard InChI is InChI=1S/C38H33Br2Cl2N3O9/c1-53-19-8-5-17(6-9-19)38-24(35(50)45(37(38)52)43-26-12-7-18(41)14-25(26)42)15-22-20(30(38)23-16-27(54-2)33(48)32(40)31(23)39)10-11-21-29(22)36(51)44(34(21)49)13-3-4-28(46)47/h5-10,12,14,16,21-22,24,29-30,43,48H,3-4,11,13,15H2,1-2H3,(H,46,47). The average Bonchev–Trinajstić information content (AvgIpc) is 3.52. The van der Waals surface area contributed by atoms with Gasteiger partial charge >= 0.3 is 5.97 Å². The molecule has 6 atom stereocenters. The topological polar surface area (TPSA) is 163 Å². The smallest absolute Gasteiger partial charge is 0.303 e. The van der Waals surface area contributed by atoms with Gasteiger partial charge in [-0.05, 0) is 105 Å². The van der Waals surface area contributed by atoms with Crippen molar-refractivity contribution in [3.63, 3.8) is 0 Å². The molecule has 0 radical (unpaired) electrons. The first kappa shape index (κ1) is 38.2. The summed E-state index contributed by atoms with van der Waals surface area (Å²) in [6, 6.07) is 13.1. The van der Waals surface area contributed by atoms with Gasteiger partial charge in [-0.15, -0.1) is 0 Å². The molecule has 3 N–H and O–H groups in total. The molecule has 0 bridgehead atoms. The molecule has 3 fully saturated rings. The molecular formula is C38H33Br2Cl2N3O9. The third-order valence-electron chi connectivity index (χ3n) is 11.1. The minimum Gasteiger partial charge on any atom is -0.503 e. The lowest BCUT2D eigenvalue weighted by Crippen LogP contribution is -2.53. The molecule has 2 heterocycles. The van der Waals surface area contributed by atoms with Gasteiger partial charge < -0.3 is 19.7 Å². The molecule has 7 rings (SSSR count). The molecule has 282 valence electrons. The van der Waals surface area contributed by atoms with Gasteiger partial charge in [-0.3, -0.25) is 34.3 Å². The fraction of sp³-hybridized carbons (Fsp3) is 0.342. The molecule has 4 aliphatic rings. The highest BCUT2D eigenvalue weighted by molar-refractivity contribution is 9.13. The van der Waals surface area contributed by atoms with E-state index < -0.39 is 58.7 Å². The maximum absolute atomic E-state index is 15.5. The largest absolute Gasteiger partial charge is 0.503 e. The number of imide groups is 2. The number of aromatic hydroxyl groups is 1. The number of anilines is 1. The van der Waals surface area contributed by atoms with E-state index in [1.54, 1.807) is 42.5 Å². The lowest BCUT2D eigenvalue weighted by Gasteiger charge is -2.51. The van der Waals surface area contributed by atoms with Crippen LogP contribution in [-0.4, -0.2) is 70.5 Å². The number of hydrazine groups is 1. The zero-order chi connectivity index (χ0) is 38.8. The number of carbonyl (C=O) groups is 5. The average molecular weight is 906 g/mol. The first-order valence-electron chi connectivity index (χ1n) is 17.0. The van der Waals surface area contributed by atoms with E-state index in [0.29, 0.717) is 31.9 Å². The number of nitrogens with zero attached hydrogens (tertiary/aromatic N) is 2. The molecule has 16 heteroatoms. The van der Waals surface area contributed by atoms with Gasteiger partial charge in [-0.25, -0.2) is 0 Å². The maximum atomic E-state index is 15.5. The first-order valence-corrected chi connectivity index (χ1v) is 19.4. The zero-order valence-electron chi connectivity index (χ0n) is 28.8. The number of carboxylic acids is 1. The predicted molar refractivity (Wildman–Crippen MR) is 204 cm³/mol. The number of rotatable bonds is 10. The van der Waals surface area contributed by atoms with Crippen LogP contribution in [0.1, 0.15) is 42.7 Å². The van der Waals surface area contributed by atoms with Crippen LogP contribution >= 0.6 is 55.1 Å². The van der Waals surface area contributed by atoms with Gasteiger partial charge in [0.2, 0.25) is 11.8 Å². The summed E-state index contributed by atoms with van der Waals surface area (Å²) in [7, 11) is 2.91. The number of hydrogen-bond donors (Lipinski definition) is 3. The van der Waals surface area contributed by atoms with Crippen molar-refractivity contribution >= 4 is 90.3 Å². The lowest BCUT2D eigenvalue weighted by atomic mass is 9.49. The van der Waals surface area contributed by atoms with Crippen molar-refractivity contribution in [3.05, 3.63) is 90.3 Å². The second-order valence-electron chi connectivity index (χ2n) is 13.7. The van der Waals surface area contributed by atoms with Crippen LogP contribution in [0.3, 0.4) is 0 Å². The Kier molecular flexibility index (Phi) is 10.3. The number of carbonyl (C=O) groups excluding carboxylic acids is 4. The lowest BCUT2D eigenvalue weighted by molar-refractivity contribution is -0.142. The summed E-state index contributed by atoms with van der Waals surface area (Å²) in [5.74, 6) is -6.94. The van der Waals surface area contributed by atoms with Gasteiger partial charge in [0, 0.05) is 28.4 Å². The summed E-state index contributed by atoms with van der Waals surface area (Å²) in [6.07, 6.45) is 1.99. The van der Waals surface area contributed by atoms with E-state index in [1.165, 1.54) is 20.3 Å². The van der Waals surface area contributed by atoms with E-state index in [-0.39, 0.29) is 64.8 Å². The van der Waals surface area contributed by atoms with Crippen LogP contribution in [0.15, 0.2) is 69.1 Å². The third-order valence-corrected chi connectivity index (χ3v) is 13.9. The van der Waals surface area contributed by atoms with Gasteiger partial charge in [0.05, 0.1) is 52.6 Å². The zero-order valence-corrected chi connectivity index (χ0v) is 33.5. The van der Waals surface area contributed by atoms with E-state index >= 15 is 4.79 Å². The Labute approximate surface area is 336 Å². The number of allylic oxidation sites excluding steroid dienone is 2. The highest BCUT2D eigenvalue weighted by Crippen LogP contribution is 2.65. The number of likely N-dealkylation sites (tertiary alicyclic amines) is 1. The first-order chi connectivity index (χ1) is 25.8. The number of aliphatic carboxylic acids is 1. The molecule has 6 unspecified atom stereocenters. The van der Waals surface area contributed by atoms with Crippen LogP contribution in [0.2, 0.25) is 10.0 Å². The summed E-state index contributed by atoms with van der Waals surface area (Å²) in [5, 5.41) is 21.7. The van der Waals surface area contributed by atoms with E-state index in [2.05, 4.69) is 37.3 Å². The Morgan fingerprint density at radius 1 is 0.963 bits per heavy atom. The monoisotopic (exact) mass is 903 g/mol. The molecule has 2 saturated heterocycles. The Bertz CT molecular complexity index is 2150. The molecule has 0 spiro atoms. The second kappa shape index (κ2) is 14.5. The minimum atomic E-state index is -1.65. The molecule has 1 saturated carbocycles. The molecule has 2 aliphatic heterocycles. The number of methoxy groups -OCH3 is 2. The number of hydrogen-bond acceptors (Lipinski definition) is 9. The summed E-state index contributed by atoms with van der Waals surface area (Å²) in [6.45, 7) is -0.0493. The van der Waals surface area contributed by atoms with E-state index in [1.807, 2.05) is 6.08 Å². The van der Waals surface area contributed by atoms with E-state index in [0.717, 1.165) is 9.91 Å². The molecule has 2 aliphatic carbocycles. The maximum Gasteiger partial charge on any atom is 0.303 e. The van der Waals surface area contributed by atoms with Crippen LogP contribution < -0.4 is 14.9 Å². The number of carboxylic acid groups (broad SMARTS) is 1. The Morgan fingerprint density at radius 2 is 1.69 bits per heavy atom. The second-order valence-corrected chi connectivity index (χ2v) is 16.1. The van der Waals surface area contributed by atoms with Crippen LogP contribution in [0.4, 0.5) is 5.69 Å². The highest BCUT2D eigenvalue weighted by Gasteiger charge is 2.70. The van der Waals surface area contributed by atoms with Crippen LogP contribution in [0, 0.1) is 23.7 Å². The predicted octanol–water partition coefficient (Wildman–Crippen LogP) is 7.09. The van der Waals surface area contributed by atoms with Crippen molar-refractivity contribution in [3.8, 4) is 17.2 Å². The number of fused-ring (bicyclic) bond motifs is 4. The third kappa shape index (κ3) is 5.87. The van der Waals surface area contributed by atoms with Crippen molar-refractivity contribution in [2.24, 2.45) is 23.7 Å². The van der Waals surface area contributed by atoms with E-state index in [9.17, 15) is 29.4 Å². The quantitative estimate of drug-likeness (QED) is 0.142. The Hall–Kier alpha value is -4.11. The summed E-state index contributed by atoms with van der Waals surface area (Å²) >= 11 is 19.8. The molecular weight excluding hydrogens is 873 g/mol. The highest BCUT2D eigenvalue weighted by atomic mass is 79.9. The van der Waals surface area contributed by atoms with Crippen LogP contribution in [-0.2, 0) is 29.4 Å². The number of halogens is 4. The SMILES string of the molecule is COc1ccc(C23C(=O)N(Nc4ccc(Cl)cc4Cl)C(=O)C2CC2C(=CCC4C(=O)N(CCCC(=O)O)C(=O)C42)C3c2cc(OC)c(O)c(Br)c2Br)cc1. The van der Waals surface area contributed by atoms with Gasteiger partial charge in [0.1, 0.15) is 5.75 Å². The van der Waals surface area contributed by atoms with Crippen molar-refractivity contribution in [2.45, 2.75) is 37.0 Å². The van der Waals surface area contributed by atoms with Crippen molar-refractivity contribution < 1.29 is 43.7 Å². The molecule has 3 aromatic carbocycles. The Balaban J connectivity index is 1.46. The van der Waals surface area contributed by atoms with Gasteiger partial charge in [-0.2, -0.15) is 5.01 Å².